The lowest BCUT2D eigenvalue weighted by atomic mass is 9.60. The van der Waals surface area contributed by atoms with Crippen molar-refractivity contribution in [2.24, 2.45) is 5.41 Å². The smallest absolute Gasteiger partial charge is 0.334 e. The fourth-order valence-corrected chi connectivity index (χ4v) is 5.05. The van der Waals surface area contributed by atoms with E-state index in [1.807, 2.05) is 0 Å². The summed E-state index contributed by atoms with van der Waals surface area (Å²) in [7, 11) is 0. The Balaban J connectivity index is 2.02. The summed E-state index contributed by atoms with van der Waals surface area (Å²) >= 11 is 0. The van der Waals surface area contributed by atoms with E-state index in [0.717, 1.165) is 22.6 Å². The molecule has 0 radical (unpaired) electrons. The lowest BCUT2D eigenvalue weighted by Crippen LogP contribution is -2.62. The molecule has 4 rings (SSSR count). The van der Waals surface area contributed by atoms with Crippen LogP contribution in [0.3, 0.4) is 0 Å². The maximum absolute atomic E-state index is 6.79. The molecule has 1 fully saturated rings. The van der Waals surface area contributed by atoms with E-state index in [9.17, 15) is 0 Å². The molecule has 1 saturated heterocycles. The van der Waals surface area contributed by atoms with Gasteiger partial charge in [-0.05, 0) is 59.6 Å². The van der Waals surface area contributed by atoms with Gasteiger partial charge < -0.3 is 18.9 Å². The molecule has 3 heterocycles. The molecular weight excluding hydrogens is 364 g/mol. The van der Waals surface area contributed by atoms with Crippen molar-refractivity contribution in [3.05, 3.63) is 22.3 Å². The van der Waals surface area contributed by atoms with Crippen molar-refractivity contribution in [2.45, 2.75) is 118 Å². The number of hydrogen-bond donors (Lipinski definition) is 0. The Bertz CT molecular complexity index is 875. The third-order valence-corrected chi connectivity index (χ3v) is 8.89. The van der Waals surface area contributed by atoms with E-state index < -0.39 is 22.6 Å². The lowest BCUT2D eigenvalue weighted by Gasteiger charge is -2.55. The molecule has 0 bridgehead atoms. The minimum Gasteiger partial charge on any atom is -0.489 e. The Kier molecular flexibility index (Phi) is 3.98. The Hall–Kier alpha value is -1.26. The Labute approximate surface area is 176 Å². The predicted molar refractivity (Wildman–Crippen MR) is 115 cm³/mol. The zero-order chi connectivity index (χ0) is 21.9. The summed E-state index contributed by atoms with van der Waals surface area (Å²) in [6, 6.07) is 0. The van der Waals surface area contributed by atoms with Crippen molar-refractivity contribution in [1.82, 2.24) is 0 Å². The van der Waals surface area contributed by atoms with Crippen molar-refractivity contribution in [3.63, 3.8) is 0 Å². The number of rotatable bonds is 0. The summed E-state index contributed by atoms with van der Waals surface area (Å²) in [5.41, 5.74) is 3.13. The van der Waals surface area contributed by atoms with Gasteiger partial charge in [0, 0.05) is 22.5 Å². The van der Waals surface area contributed by atoms with Crippen LogP contribution in [0.1, 0.15) is 97.4 Å². The van der Waals surface area contributed by atoms with Gasteiger partial charge in [0.15, 0.2) is 0 Å². The number of ether oxygens (including phenoxy) is 4. The quantitative estimate of drug-likeness (QED) is 0.522. The van der Waals surface area contributed by atoms with E-state index in [1.165, 1.54) is 11.1 Å². The first-order valence-corrected chi connectivity index (χ1v) is 10.9. The minimum atomic E-state index is -1.17. The fourth-order valence-electron chi connectivity index (χ4n) is 5.05. The molecule has 1 aromatic carbocycles. The molecule has 3 aliphatic heterocycles. The lowest BCUT2D eigenvalue weighted by molar-refractivity contribution is -0.381. The van der Waals surface area contributed by atoms with E-state index in [1.54, 1.807) is 0 Å². The first-order chi connectivity index (χ1) is 13.0. The van der Waals surface area contributed by atoms with Gasteiger partial charge >= 0.3 is 5.97 Å². The van der Waals surface area contributed by atoms with E-state index in [-0.39, 0.29) is 11.5 Å². The summed E-state index contributed by atoms with van der Waals surface area (Å²) in [4.78, 5) is 0. The second-order valence-corrected chi connectivity index (χ2v) is 11.4. The van der Waals surface area contributed by atoms with E-state index in [4.69, 9.17) is 18.9 Å². The molecule has 29 heavy (non-hydrogen) atoms. The van der Waals surface area contributed by atoms with Crippen molar-refractivity contribution in [3.8, 4) is 11.5 Å². The van der Waals surface area contributed by atoms with Gasteiger partial charge in [-0.1, -0.05) is 34.6 Å². The van der Waals surface area contributed by atoms with E-state index in [2.05, 4.69) is 83.1 Å². The molecule has 2 atom stereocenters. The molecule has 3 aliphatic rings. The standard InChI is InChI=1S/C25H38O4/c1-13-14(2)19-18(20-17(13)15(3)16(4)26-20)21(5,6)22(7,8)25(27-19)28-23(9,10)24(11,12)29-25/h15-16H,1-12H3. The third kappa shape index (κ3) is 2.28. The van der Waals surface area contributed by atoms with Crippen molar-refractivity contribution in [2.75, 3.05) is 0 Å². The van der Waals surface area contributed by atoms with Gasteiger partial charge in [-0.2, -0.15) is 0 Å². The van der Waals surface area contributed by atoms with Gasteiger partial charge in [0.1, 0.15) is 17.6 Å². The molecule has 1 spiro atoms. The second-order valence-electron chi connectivity index (χ2n) is 11.4. The molecule has 1 aromatic rings. The number of hydrogen-bond acceptors (Lipinski definition) is 4. The van der Waals surface area contributed by atoms with Crippen LogP contribution >= 0.6 is 0 Å². The van der Waals surface area contributed by atoms with Crippen LogP contribution < -0.4 is 9.47 Å². The highest BCUT2D eigenvalue weighted by molar-refractivity contribution is 5.65. The molecular formula is C25H38O4. The van der Waals surface area contributed by atoms with Crippen LogP contribution in [0, 0.1) is 19.3 Å². The van der Waals surface area contributed by atoms with Crippen LogP contribution in [0.5, 0.6) is 11.5 Å². The Morgan fingerprint density at radius 2 is 1.24 bits per heavy atom. The van der Waals surface area contributed by atoms with Gasteiger partial charge in [-0.15, -0.1) is 0 Å². The predicted octanol–water partition coefficient (Wildman–Crippen LogP) is 6.14. The summed E-state index contributed by atoms with van der Waals surface area (Å²) in [6.07, 6.45) is 0.154. The normalized spacial score (nSPS) is 31.7. The van der Waals surface area contributed by atoms with Crippen molar-refractivity contribution < 1.29 is 18.9 Å². The van der Waals surface area contributed by atoms with Crippen LogP contribution in [-0.2, 0) is 14.9 Å². The van der Waals surface area contributed by atoms with Gasteiger partial charge in [0.05, 0.1) is 16.6 Å². The summed E-state index contributed by atoms with van der Waals surface area (Å²) in [6.45, 7) is 26.0. The monoisotopic (exact) mass is 402 g/mol. The minimum absolute atomic E-state index is 0.154. The SMILES string of the molecule is Cc1c(C)c2c(c3c1OC1(OC(C)(C)C(C)(C)O1)C(C)(C)C3(C)C)OC(C)C2C. The van der Waals surface area contributed by atoms with Crippen molar-refractivity contribution in [1.29, 1.82) is 0 Å². The third-order valence-electron chi connectivity index (χ3n) is 8.89. The average molecular weight is 403 g/mol. The van der Waals surface area contributed by atoms with Crippen LogP contribution in [0.25, 0.3) is 0 Å². The Morgan fingerprint density at radius 3 is 1.76 bits per heavy atom. The second kappa shape index (κ2) is 5.50. The molecule has 4 nitrogen and oxygen atoms in total. The summed E-state index contributed by atoms with van der Waals surface area (Å²) in [5, 5.41) is 0. The summed E-state index contributed by atoms with van der Waals surface area (Å²) < 4.78 is 26.6. The first-order valence-electron chi connectivity index (χ1n) is 10.9. The Morgan fingerprint density at radius 1 is 0.724 bits per heavy atom. The molecule has 162 valence electrons. The highest BCUT2D eigenvalue weighted by atomic mass is 16.9. The van der Waals surface area contributed by atoms with Gasteiger partial charge in [0.25, 0.3) is 0 Å². The highest BCUT2D eigenvalue weighted by Crippen LogP contribution is 2.66. The largest absolute Gasteiger partial charge is 0.489 e. The summed E-state index contributed by atoms with van der Waals surface area (Å²) in [5.74, 6) is 1.06. The van der Waals surface area contributed by atoms with Crippen LogP contribution in [0.4, 0.5) is 0 Å². The maximum Gasteiger partial charge on any atom is 0.334 e. The fraction of sp³-hybridized carbons (Fsp3) is 0.760. The highest BCUT2D eigenvalue weighted by Gasteiger charge is 2.72. The number of fused-ring (bicyclic) bond motifs is 3. The maximum atomic E-state index is 6.79. The molecule has 0 saturated carbocycles. The van der Waals surface area contributed by atoms with Crippen LogP contribution in [0.2, 0.25) is 0 Å². The van der Waals surface area contributed by atoms with Gasteiger partial charge in [-0.25, -0.2) is 0 Å². The zero-order valence-corrected chi connectivity index (χ0v) is 20.3. The molecule has 2 unspecified atom stereocenters. The van der Waals surface area contributed by atoms with Crippen molar-refractivity contribution >= 4 is 0 Å². The zero-order valence-electron chi connectivity index (χ0n) is 20.3. The van der Waals surface area contributed by atoms with Gasteiger partial charge in [-0.3, -0.25) is 0 Å². The molecule has 0 amide bonds. The van der Waals surface area contributed by atoms with Crippen LogP contribution in [0.15, 0.2) is 0 Å². The van der Waals surface area contributed by atoms with Gasteiger partial charge in [0.2, 0.25) is 0 Å². The van der Waals surface area contributed by atoms with E-state index in [0.29, 0.717) is 5.92 Å². The molecule has 0 aliphatic carbocycles. The van der Waals surface area contributed by atoms with Crippen LogP contribution in [-0.4, -0.2) is 23.3 Å². The van der Waals surface area contributed by atoms with E-state index >= 15 is 0 Å². The molecule has 0 aromatic heterocycles. The average Bonchev–Trinajstić information content (AvgIpc) is 2.94. The topological polar surface area (TPSA) is 36.9 Å². The molecule has 4 heteroatoms. The first kappa shape index (κ1) is 21.0. The molecule has 0 N–H and O–H groups in total. The number of benzene rings is 1.